The molecular formula is C6H7F4O2. The molecule has 6 heteroatoms. The zero-order chi connectivity index (χ0) is 9.35. The van der Waals surface area contributed by atoms with Crippen LogP contribution >= 0.6 is 0 Å². The average Bonchev–Trinajstić information content (AvgIpc) is 2.60. The molecule has 1 atom stereocenters. The van der Waals surface area contributed by atoms with Crippen LogP contribution < -0.4 is 0 Å². The number of hydrogen-bond acceptors (Lipinski definition) is 1. The second kappa shape index (κ2) is 3.18. The third kappa shape index (κ3) is 2.60. The molecule has 0 N–H and O–H groups in total. The Balaban J connectivity index is 2.49. The highest BCUT2D eigenvalue weighted by Crippen LogP contribution is 2.41. The maximum atomic E-state index is 12.0. The van der Waals surface area contributed by atoms with Crippen LogP contribution in [0.4, 0.5) is 17.6 Å². The SMILES string of the molecule is [O]C(F)(F)C(OC(F)F)C1CC1. The molecular weight excluding hydrogens is 180 g/mol. The van der Waals surface area contributed by atoms with Crippen molar-refractivity contribution in [2.75, 3.05) is 0 Å². The molecule has 71 valence electrons. The van der Waals surface area contributed by atoms with Crippen LogP contribution in [-0.2, 0) is 9.84 Å². The minimum atomic E-state index is -4.42. The van der Waals surface area contributed by atoms with Crippen molar-refractivity contribution in [3.63, 3.8) is 0 Å². The molecule has 1 aliphatic carbocycles. The molecule has 1 unspecified atom stereocenters. The van der Waals surface area contributed by atoms with Crippen molar-refractivity contribution >= 4 is 0 Å². The van der Waals surface area contributed by atoms with Gasteiger partial charge in [-0.3, -0.25) is 0 Å². The molecule has 12 heavy (non-hydrogen) atoms. The van der Waals surface area contributed by atoms with Crippen LogP contribution in [0, 0.1) is 5.92 Å². The molecule has 0 amide bonds. The molecule has 0 saturated heterocycles. The van der Waals surface area contributed by atoms with Crippen LogP contribution in [-0.4, -0.2) is 18.8 Å². The molecule has 1 fully saturated rings. The van der Waals surface area contributed by atoms with E-state index in [2.05, 4.69) is 4.74 Å². The second-order valence-electron chi connectivity index (χ2n) is 2.72. The lowest BCUT2D eigenvalue weighted by Crippen LogP contribution is -2.37. The molecule has 0 aromatic carbocycles. The minimum Gasteiger partial charge on any atom is -0.310 e. The van der Waals surface area contributed by atoms with Gasteiger partial charge in [0.05, 0.1) is 0 Å². The summed E-state index contributed by atoms with van der Waals surface area (Å²) >= 11 is 0. The molecule has 0 aromatic rings. The molecule has 0 spiro atoms. The van der Waals surface area contributed by atoms with Gasteiger partial charge in [-0.1, -0.05) is 0 Å². The fraction of sp³-hybridized carbons (Fsp3) is 1.00. The van der Waals surface area contributed by atoms with Gasteiger partial charge in [-0.15, -0.1) is 0 Å². The average molecular weight is 187 g/mol. The summed E-state index contributed by atoms with van der Waals surface area (Å²) in [6.07, 6.45) is -5.88. The van der Waals surface area contributed by atoms with Gasteiger partial charge in [-0.2, -0.15) is 22.7 Å². The van der Waals surface area contributed by atoms with Crippen molar-refractivity contribution in [1.82, 2.24) is 0 Å². The van der Waals surface area contributed by atoms with Crippen LogP contribution in [0.5, 0.6) is 0 Å². The lowest BCUT2D eigenvalue weighted by Gasteiger charge is -2.19. The largest absolute Gasteiger partial charge is 0.407 e. The van der Waals surface area contributed by atoms with E-state index in [1.165, 1.54) is 0 Å². The highest BCUT2D eigenvalue weighted by atomic mass is 19.3. The smallest absolute Gasteiger partial charge is 0.310 e. The number of rotatable bonds is 4. The van der Waals surface area contributed by atoms with Crippen LogP contribution in [0.15, 0.2) is 0 Å². The van der Waals surface area contributed by atoms with Crippen molar-refractivity contribution in [3.05, 3.63) is 0 Å². The third-order valence-corrected chi connectivity index (χ3v) is 1.63. The highest BCUT2D eigenvalue weighted by molar-refractivity contribution is 4.86. The van der Waals surface area contributed by atoms with E-state index in [0.29, 0.717) is 12.8 Å². The third-order valence-electron chi connectivity index (χ3n) is 1.63. The first-order valence-electron chi connectivity index (χ1n) is 3.43. The van der Waals surface area contributed by atoms with Crippen LogP contribution in [0.3, 0.4) is 0 Å². The van der Waals surface area contributed by atoms with E-state index in [4.69, 9.17) is 0 Å². The summed E-state index contributed by atoms with van der Waals surface area (Å²) in [7, 11) is 0. The van der Waals surface area contributed by atoms with Crippen molar-refractivity contribution in [3.8, 4) is 0 Å². The Bertz CT molecular complexity index is 152. The van der Waals surface area contributed by atoms with Crippen molar-refractivity contribution in [1.29, 1.82) is 0 Å². The first kappa shape index (κ1) is 9.73. The van der Waals surface area contributed by atoms with E-state index in [1.54, 1.807) is 0 Å². The molecule has 0 aromatic heterocycles. The number of hydrogen-bond donors (Lipinski definition) is 0. The maximum Gasteiger partial charge on any atom is 0.407 e. The number of halogens is 4. The summed E-state index contributed by atoms with van der Waals surface area (Å²) in [6, 6.07) is 0. The number of ether oxygens (including phenoxy) is 1. The monoisotopic (exact) mass is 187 g/mol. The molecule has 1 radical (unpaired) electrons. The van der Waals surface area contributed by atoms with Gasteiger partial charge >= 0.3 is 12.7 Å². The predicted molar refractivity (Wildman–Crippen MR) is 29.2 cm³/mol. The van der Waals surface area contributed by atoms with Gasteiger partial charge in [0.1, 0.15) is 0 Å². The van der Waals surface area contributed by atoms with Crippen LogP contribution in [0.2, 0.25) is 0 Å². The molecule has 0 heterocycles. The van der Waals surface area contributed by atoms with Crippen molar-refractivity contribution in [2.45, 2.75) is 31.7 Å². The molecule has 1 rings (SSSR count). The molecule has 0 bridgehead atoms. The summed E-state index contributed by atoms with van der Waals surface area (Å²) in [4.78, 5) is 0. The van der Waals surface area contributed by atoms with Crippen molar-refractivity contribution < 1.29 is 27.4 Å². The molecule has 2 nitrogen and oxygen atoms in total. The van der Waals surface area contributed by atoms with Crippen molar-refractivity contribution in [2.24, 2.45) is 5.92 Å². The zero-order valence-electron chi connectivity index (χ0n) is 5.97. The summed E-state index contributed by atoms with van der Waals surface area (Å²) in [5.74, 6) is -0.702. The zero-order valence-corrected chi connectivity index (χ0v) is 5.97. The quantitative estimate of drug-likeness (QED) is 0.619. The normalized spacial score (nSPS) is 21.5. The molecule has 1 saturated carbocycles. The Hall–Kier alpha value is -0.360. The van der Waals surface area contributed by atoms with Gasteiger partial charge in [-0.25, -0.2) is 0 Å². The Morgan fingerprint density at radius 1 is 1.33 bits per heavy atom. The first-order valence-corrected chi connectivity index (χ1v) is 3.43. The summed E-state index contributed by atoms with van der Waals surface area (Å²) < 4.78 is 50.6. The van der Waals surface area contributed by atoms with E-state index >= 15 is 0 Å². The summed E-state index contributed by atoms with van der Waals surface area (Å²) in [6.45, 7) is -3.31. The molecule has 1 aliphatic rings. The molecule has 0 aliphatic heterocycles. The van der Waals surface area contributed by atoms with Gasteiger partial charge in [0.25, 0.3) is 0 Å². The predicted octanol–water partition coefficient (Wildman–Crippen LogP) is 2.03. The Kier molecular flexibility index (Phi) is 2.58. The lowest BCUT2D eigenvalue weighted by molar-refractivity contribution is -0.336. The fourth-order valence-electron chi connectivity index (χ4n) is 0.975. The van der Waals surface area contributed by atoms with E-state index in [0.717, 1.165) is 0 Å². The van der Waals surface area contributed by atoms with E-state index in [-0.39, 0.29) is 0 Å². The topological polar surface area (TPSA) is 29.1 Å². The Morgan fingerprint density at radius 2 is 1.83 bits per heavy atom. The highest BCUT2D eigenvalue weighted by Gasteiger charge is 2.50. The van der Waals surface area contributed by atoms with E-state index < -0.39 is 24.7 Å². The Morgan fingerprint density at radius 3 is 2.08 bits per heavy atom. The number of alkyl halides is 4. The fourth-order valence-corrected chi connectivity index (χ4v) is 0.975. The van der Waals surface area contributed by atoms with Gasteiger partial charge < -0.3 is 4.74 Å². The standard InChI is InChI=1S/C6H7F4O2/c7-5(8)12-4(3-1-2-3)6(9,10)11/h3-5H,1-2H2. The lowest BCUT2D eigenvalue weighted by atomic mass is 10.2. The van der Waals surface area contributed by atoms with Gasteiger partial charge in [0, 0.05) is 0 Å². The maximum absolute atomic E-state index is 12.0. The second-order valence-corrected chi connectivity index (χ2v) is 2.72. The Labute approximate surface area is 66.1 Å². The van der Waals surface area contributed by atoms with Crippen LogP contribution in [0.1, 0.15) is 12.8 Å². The summed E-state index contributed by atoms with van der Waals surface area (Å²) in [5.41, 5.74) is 0. The summed E-state index contributed by atoms with van der Waals surface area (Å²) in [5, 5.41) is 10.0. The van der Waals surface area contributed by atoms with Crippen LogP contribution in [0.25, 0.3) is 0 Å². The van der Waals surface area contributed by atoms with Gasteiger partial charge in [0.2, 0.25) is 0 Å². The van der Waals surface area contributed by atoms with Gasteiger partial charge in [0.15, 0.2) is 6.10 Å². The van der Waals surface area contributed by atoms with Gasteiger partial charge in [-0.05, 0) is 18.8 Å². The first-order chi connectivity index (χ1) is 5.41. The van der Waals surface area contributed by atoms with E-state index in [1.807, 2.05) is 0 Å². The van der Waals surface area contributed by atoms with E-state index in [9.17, 15) is 22.7 Å². The minimum absolute atomic E-state index is 0.356.